The summed E-state index contributed by atoms with van der Waals surface area (Å²) in [6.07, 6.45) is 0.369. The minimum atomic E-state index is -4.58. The third-order valence-corrected chi connectivity index (χ3v) is 7.19. The van der Waals surface area contributed by atoms with Gasteiger partial charge in [0, 0.05) is 22.0 Å². The quantitative estimate of drug-likeness (QED) is 0.189. The van der Waals surface area contributed by atoms with Gasteiger partial charge in [0.05, 0.1) is 34.1 Å². The zero-order chi connectivity index (χ0) is 27.6. The van der Waals surface area contributed by atoms with Crippen LogP contribution in [0.2, 0.25) is 10.0 Å². The summed E-state index contributed by atoms with van der Waals surface area (Å²) < 4.78 is 38.0. The van der Waals surface area contributed by atoms with E-state index in [1.54, 1.807) is 43.3 Å². The second-order valence-electron chi connectivity index (χ2n) is 8.05. The fraction of sp³-hybridized carbons (Fsp3) is 0.115. The van der Waals surface area contributed by atoms with Crippen molar-refractivity contribution in [3.63, 3.8) is 0 Å². The van der Waals surface area contributed by atoms with Crippen LogP contribution in [0, 0.1) is 0 Å². The van der Waals surface area contributed by atoms with E-state index < -0.39 is 26.7 Å². The molecule has 0 radical (unpaired) electrons. The maximum atomic E-state index is 13.5. The summed E-state index contributed by atoms with van der Waals surface area (Å²) in [5, 5.41) is 25.6. The fourth-order valence-corrected chi connectivity index (χ4v) is 4.89. The maximum Gasteiger partial charge on any atom is 1.00 e. The zero-order valence-corrected chi connectivity index (χ0v) is 25.4. The van der Waals surface area contributed by atoms with Gasteiger partial charge in [-0.2, -0.15) is 18.6 Å². The molecule has 39 heavy (non-hydrogen) atoms. The van der Waals surface area contributed by atoms with Crippen molar-refractivity contribution in [3.05, 3.63) is 81.8 Å². The molecule has 196 valence electrons. The zero-order valence-electron chi connectivity index (χ0n) is 21.0. The van der Waals surface area contributed by atoms with Gasteiger partial charge in [0.1, 0.15) is 5.75 Å². The van der Waals surface area contributed by atoms with Crippen LogP contribution in [0.1, 0.15) is 22.8 Å². The summed E-state index contributed by atoms with van der Waals surface area (Å²) in [5.41, 5.74) is 0.406. The second kappa shape index (κ2) is 12.6. The second-order valence-corrected chi connectivity index (χ2v) is 10.3. The molecule has 0 aliphatic rings. The molecule has 4 rings (SSSR count). The van der Waals surface area contributed by atoms with Gasteiger partial charge in [-0.3, -0.25) is 9.35 Å². The average molecular weight is 596 g/mol. The Morgan fingerprint density at radius 3 is 2.44 bits per heavy atom. The monoisotopic (exact) mass is 595 g/mol. The number of carbonyl (C=O) groups excluding carboxylic acids is 1. The smallest absolute Gasteiger partial charge is 0.870 e. The van der Waals surface area contributed by atoms with Crippen LogP contribution in [0.15, 0.2) is 75.8 Å². The van der Waals surface area contributed by atoms with Crippen molar-refractivity contribution in [3.8, 4) is 11.5 Å². The minimum absolute atomic E-state index is 0. The van der Waals surface area contributed by atoms with Crippen LogP contribution in [0.25, 0.3) is 10.8 Å². The van der Waals surface area contributed by atoms with Crippen molar-refractivity contribution in [1.29, 1.82) is 0 Å². The Labute approximate surface area is 256 Å². The summed E-state index contributed by atoms with van der Waals surface area (Å²) >= 11 is 12.4. The minimum Gasteiger partial charge on any atom is -0.870 e. The number of azo groups is 1. The van der Waals surface area contributed by atoms with Gasteiger partial charge < -0.3 is 15.2 Å². The topological polar surface area (TPSA) is 140 Å². The molecule has 0 atom stereocenters. The SMILES string of the molecule is CCc1c(Cl)cc(S(=O)(=O)O)cc1N=Nc1c([O-])c(C(=O)Nc2cc(OC)ccc2Cl)cc2ccccc12.[Na+]. The van der Waals surface area contributed by atoms with E-state index in [1.165, 1.54) is 19.2 Å². The van der Waals surface area contributed by atoms with Crippen LogP contribution in [0.3, 0.4) is 0 Å². The number of ether oxygens (including phenoxy) is 1. The first-order valence-corrected chi connectivity index (χ1v) is 13.3. The predicted molar refractivity (Wildman–Crippen MR) is 144 cm³/mol. The predicted octanol–water partition coefficient (Wildman–Crippen LogP) is 3.71. The average Bonchev–Trinajstić information content (AvgIpc) is 2.88. The molecule has 2 N–H and O–H groups in total. The van der Waals surface area contributed by atoms with Crippen molar-refractivity contribution in [2.75, 3.05) is 12.4 Å². The summed E-state index contributed by atoms with van der Waals surface area (Å²) in [5.74, 6) is -0.977. The number of hydrogen-bond donors (Lipinski definition) is 2. The van der Waals surface area contributed by atoms with E-state index >= 15 is 0 Å². The van der Waals surface area contributed by atoms with Crippen molar-refractivity contribution in [1.82, 2.24) is 0 Å². The fourth-order valence-electron chi connectivity index (χ4n) is 3.78. The van der Waals surface area contributed by atoms with Crippen molar-refractivity contribution < 1.29 is 57.2 Å². The Morgan fingerprint density at radius 2 is 1.77 bits per heavy atom. The first-order chi connectivity index (χ1) is 18.0. The molecule has 0 saturated heterocycles. The van der Waals surface area contributed by atoms with Gasteiger partial charge in [0.15, 0.2) is 0 Å². The van der Waals surface area contributed by atoms with Gasteiger partial charge in [-0.05, 0) is 47.7 Å². The number of methoxy groups -OCH3 is 1. The molecule has 4 aromatic rings. The first-order valence-electron chi connectivity index (χ1n) is 11.1. The van der Waals surface area contributed by atoms with Gasteiger partial charge in [-0.1, -0.05) is 60.1 Å². The van der Waals surface area contributed by atoms with Gasteiger partial charge in [0.2, 0.25) is 0 Å². The molecular formula is C26H20Cl2N3NaO6S. The molecule has 9 nitrogen and oxygen atoms in total. The summed E-state index contributed by atoms with van der Waals surface area (Å²) in [4.78, 5) is 12.7. The number of carbonyl (C=O) groups is 1. The van der Waals surface area contributed by atoms with Crippen molar-refractivity contribution in [2.24, 2.45) is 10.2 Å². The molecule has 0 fully saturated rings. The Bertz CT molecular complexity index is 1710. The van der Waals surface area contributed by atoms with Gasteiger partial charge in [-0.15, -0.1) is 0 Å². The molecule has 0 aromatic heterocycles. The molecule has 4 aromatic carbocycles. The van der Waals surface area contributed by atoms with Gasteiger partial charge in [0.25, 0.3) is 16.0 Å². The van der Waals surface area contributed by atoms with Crippen LogP contribution < -0.4 is 44.7 Å². The van der Waals surface area contributed by atoms with Gasteiger partial charge >= 0.3 is 29.6 Å². The number of nitrogens with one attached hydrogen (secondary N) is 1. The molecule has 0 aliphatic heterocycles. The summed E-state index contributed by atoms with van der Waals surface area (Å²) in [7, 11) is -3.11. The number of hydrogen-bond acceptors (Lipinski definition) is 7. The molecule has 0 aliphatic carbocycles. The van der Waals surface area contributed by atoms with E-state index in [0.29, 0.717) is 28.5 Å². The molecule has 0 saturated carbocycles. The number of amides is 1. The Kier molecular flexibility index (Phi) is 10.0. The molecule has 13 heteroatoms. The normalized spacial score (nSPS) is 11.4. The number of benzene rings is 4. The molecule has 0 bridgehead atoms. The van der Waals surface area contributed by atoms with E-state index in [1.807, 2.05) is 0 Å². The van der Waals surface area contributed by atoms with E-state index in [2.05, 4.69) is 15.5 Å². The van der Waals surface area contributed by atoms with Crippen LogP contribution >= 0.6 is 23.2 Å². The molecular weight excluding hydrogens is 576 g/mol. The van der Waals surface area contributed by atoms with Gasteiger partial charge in [-0.25, -0.2) is 0 Å². The number of fused-ring (bicyclic) bond motifs is 1. The number of rotatable bonds is 7. The third-order valence-electron chi connectivity index (χ3n) is 5.70. The van der Waals surface area contributed by atoms with Crippen LogP contribution in [-0.2, 0) is 16.5 Å². The molecule has 0 unspecified atom stereocenters. The number of halogens is 2. The van der Waals surface area contributed by atoms with Crippen LogP contribution in [0.4, 0.5) is 17.1 Å². The van der Waals surface area contributed by atoms with E-state index in [-0.39, 0.29) is 62.2 Å². The molecule has 0 spiro atoms. The maximum absolute atomic E-state index is 13.5. The van der Waals surface area contributed by atoms with Crippen LogP contribution in [-0.4, -0.2) is 26.0 Å². The number of nitrogens with zero attached hydrogens (tertiary/aromatic N) is 2. The van der Waals surface area contributed by atoms with Crippen molar-refractivity contribution in [2.45, 2.75) is 18.2 Å². The van der Waals surface area contributed by atoms with E-state index in [0.717, 1.165) is 12.1 Å². The standard InChI is InChI=1S/C26H21Cl2N3O6S.Na/c1-3-17-21(28)12-16(38(34,35)36)13-22(17)30-31-24-18-7-5-4-6-14(18)10-19(25(24)32)26(33)29-23-11-15(37-2)8-9-20(23)27;/h4-13,32H,3H2,1-2H3,(H,29,33)(H,34,35,36);/q;+1/p-1. The third kappa shape index (κ3) is 6.72. The number of anilines is 1. The summed E-state index contributed by atoms with van der Waals surface area (Å²) in [6.45, 7) is 1.77. The molecule has 0 heterocycles. The Morgan fingerprint density at radius 1 is 1.05 bits per heavy atom. The van der Waals surface area contributed by atoms with Crippen molar-refractivity contribution >= 4 is 67.1 Å². The van der Waals surface area contributed by atoms with E-state index in [4.69, 9.17) is 27.9 Å². The molecule has 1 amide bonds. The largest absolute Gasteiger partial charge is 1.00 e. The first kappa shape index (κ1) is 30.8. The van der Waals surface area contributed by atoms with E-state index in [9.17, 15) is 22.9 Å². The van der Waals surface area contributed by atoms with Crippen LogP contribution in [0.5, 0.6) is 11.5 Å². The Hall–Kier alpha value is -2.70. The Balaban J connectivity index is 0.00000420. The summed E-state index contributed by atoms with van der Waals surface area (Å²) in [6, 6.07) is 15.1.